The predicted octanol–water partition coefficient (Wildman–Crippen LogP) is -0.288. The van der Waals surface area contributed by atoms with E-state index in [0.29, 0.717) is 36.0 Å². The van der Waals surface area contributed by atoms with Crippen LogP contribution in [0.25, 0.3) is 5.69 Å². The Hall–Kier alpha value is -2.54. The lowest BCUT2D eigenvalue weighted by atomic mass is 10.2. The maximum Gasteiger partial charge on any atom is 0.334 e. The summed E-state index contributed by atoms with van der Waals surface area (Å²) in [6, 6.07) is 7.17. The van der Waals surface area contributed by atoms with E-state index in [2.05, 4.69) is 17.2 Å². The molecule has 1 aromatic heterocycles. The van der Waals surface area contributed by atoms with Crippen LogP contribution >= 0.6 is 0 Å². The Morgan fingerprint density at radius 2 is 2.00 bits per heavy atom. The highest BCUT2D eigenvalue weighted by atomic mass is 16.5. The fourth-order valence-electron chi connectivity index (χ4n) is 2.95. The Labute approximate surface area is 133 Å². The molecule has 0 radical (unpaired) electrons. The third kappa shape index (κ3) is 2.87. The second-order valence-corrected chi connectivity index (χ2v) is 5.65. The molecular weight excluding hydrogens is 296 g/mol. The lowest BCUT2D eigenvalue weighted by Crippen LogP contribution is -3.12. The highest BCUT2D eigenvalue weighted by Gasteiger charge is 2.25. The van der Waals surface area contributed by atoms with Gasteiger partial charge in [-0.1, -0.05) is 6.92 Å². The third-order valence-electron chi connectivity index (χ3n) is 4.07. The molecule has 3 N–H and O–H groups in total. The summed E-state index contributed by atoms with van der Waals surface area (Å²) in [7, 11) is 1.59. The van der Waals surface area contributed by atoms with Crippen molar-refractivity contribution >= 4 is 5.82 Å². The van der Waals surface area contributed by atoms with Gasteiger partial charge in [-0.2, -0.15) is 0 Å². The Morgan fingerprint density at radius 1 is 1.26 bits per heavy atom. The summed E-state index contributed by atoms with van der Waals surface area (Å²) in [6.45, 7) is 4.40. The number of hydrogen-bond acceptors (Lipinski definition) is 4. The number of rotatable bonds is 4. The monoisotopic (exact) mass is 317 g/mol. The van der Waals surface area contributed by atoms with Crippen LogP contribution in [0.1, 0.15) is 18.9 Å². The number of nitrogens with one attached hydrogen (secondary N) is 3. The van der Waals surface area contributed by atoms with Gasteiger partial charge in [0.2, 0.25) is 0 Å². The number of methoxy groups -OCH3 is 1. The lowest BCUT2D eigenvalue weighted by molar-refractivity contribution is -0.912. The van der Waals surface area contributed by atoms with Crippen LogP contribution in [0.15, 0.2) is 33.9 Å². The van der Waals surface area contributed by atoms with Crippen LogP contribution in [0.5, 0.6) is 5.75 Å². The molecular formula is C16H21N4O3+. The van der Waals surface area contributed by atoms with Gasteiger partial charge in [-0.05, 0) is 30.7 Å². The summed E-state index contributed by atoms with van der Waals surface area (Å²) >= 11 is 0. The van der Waals surface area contributed by atoms with E-state index in [1.54, 1.807) is 31.4 Å². The molecule has 1 aliphatic rings. The summed E-state index contributed by atoms with van der Waals surface area (Å²) < 4.78 is 6.66. The number of ether oxygens (including phenoxy) is 1. The number of benzene rings is 1. The van der Waals surface area contributed by atoms with Crippen molar-refractivity contribution in [1.82, 2.24) is 9.55 Å². The van der Waals surface area contributed by atoms with E-state index in [9.17, 15) is 9.59 Å². The van der Waals surface area contributed by atoms with Crippen LogP contribution in [0, 0.1) is 0 Å². The highest BCUT2D eigenvalue weighted by molar-refractivity contribution is 5.51. The normalized spacial score (nSPS) is 16.5. The van der Waals surface area contributed by atoms with Crippen LogP contribution < -0.4 is 26.2 Å². The van der Waals surface area contributed by atoms with Crippen molar-refractivity contribution in [3.05, 3.63) is 50.7 Å². The van der Waals surface area contributed by atoms with Crippen LogP contribution in [0.4, 0.5) is 5.82 Å². The summed E-state index contributed by atoms with van der Waals surface area (Å²) in [5.74, 6) is 1.30. The van der Waals surface area contributed by atoms with Crippen LogP contribution in [0.3, 0.4) is 0 Å². The smallest absolute Gasteiger partial charge is 0.334 e. The number of hydrogen-bond donors (Lipinski definition) is 3. The van der Waals surface area contributed by atoms with Gasteiger partial charge >= 0.3 is 5.69 Å². The number of aromatic amines is 1. The van der Waals surface area contributed by atoms with Gasteiger partial charge in [0.25, 0.3) is 5.56 Å². The SMILES string of the molecule is CCC[NH+]1CNc2c(c(=O)[nH]c(=O)n2-c2ccc(OC)cc2)C1. The van der Waals surface area contributed by atoms with Crippen molar-refractivity contribution in [3.8, 4) is 11.4 Å². The van der Waals surface area contributed by atoms with Gasteiger partial charge in [0, 0.05) is 0 Å². The largest absolute Gasteiger partial charge is 0.497 e. The van der Waals surface area contributed by atoms with E-state index in [4.69, 9.17) is 4.74 Å². The number of nitrogens with zero attached hydrogens (tertiary/aromatic N) is 1. The summed E-state index contributed by atoms with van der Waals surface area (Å²) in [5, 5.41) is 3.25. The van der Waals surface area contributed by atoms with Gasteiger partial charge in [0.05, 0.1) is 19.3 Å². The van der Waals surface area contributed by atoms with E-state index in [-0.39, 0.29) is 5.56 Å². The molecule has 0 saturated heterocycles. The first-order valence-corrected chi connectivity index (χ1v) is 7.74. The first kappa shape index (κ1) is 15.4. The average Bonchev–Trinajstić information content (AvgIpc) is 2.56. The van der Waals surface area contributed by atoms with E-state index in [1.807, 2.05) is 0 Å². The van der Waals surface area contributed by atoms with Crippen LogP contribution in [-0.4, -0.2) is 29.9 Å². The van der Waals surface area contributed by atoms with Gasteiger partial charge in [0.1, 0.15) is 23.7 Å². The molecule has 0 aliphatic carbocycles. The Kier molecular flexibility index (Phi) is 4.20. The molecule has 0 saturated carbocycles. The molecule has 7 nitrogen and oxygen atoms in total. The number of quaternary nitrogens is 1. The second kappa shape index (κ2) is 6.29. The highest BCUT2D eigenvalue weighted by Crippen LogP contribution is 2.19. The molecule has 7 heteroatoms. The van der Waals surface area contributed by atoms with Gasteiger partial charge in [-0.25, -0.2) is 9.36 Å². The molecule has 122 valence electrons. The minimum atomic E-state index is -0.439. The molecule has 2 heterocycles. The van der Waals surface area contributed by atoms with E-state index < -0.39 is 5.69 Å². The van der Waals surface area contributed by atoms with Crippen molar-refractivity contribution in [3.63, 3.8) is 0 Å². The lowest BCUT2D eigenvalue weighted by Gasteiger charge is -2.27. The third-order valence-corrected chi connectivity index (χ3v) is 4.07. The van der Waals surface area contributed by atoms with Crippen LogP contribution in [0.2, 0.25) is 0 Å². The Balaban J connectivity index is 2.09. The first-order valence-electron chi connectivity index (χ1n) is 7.74. The minimum absolute atomic E-state index is 0.310. The topological polar surface area (TPSA) is 80.6 Å². The van der Waals surface area contributed by atoms with Gasteiger partial charge < -0.3 is 15.0 Å². The number of aromatic nitrogens is 2. The zero-order valence-electron chi connectivity index (χ0n) is 13.3. The zero-order chi connectivity index (χ0) is 16.4. The molecule has 1 atom stereocenters. The molecule has 3 rings (SSSR count). The predicted molar refractivity (Wildman–Crippen MR) is 87.5 cm³/mol. The Morgan fingerprint density at radius 3 is 2.65 bits per heavy atom. The summed E-state index contributed by atoms with van der Waals surface area (Å²) in [5.41, 5.74) is 0.561. The van der Waals surface area contributed by atoms with Crippen molar-refractivity contribution in [2.24, 2.45) is 0 Å². The molecule has 0 bridgehead atoms. The van der Waals surface area contributed by atoms with Crippen molar-refractivity contribution in [2.75, 3.05) is 25.6 Å². The van der Waals surface area contributed by atoms with Gasteiger partial charge in [-0.15, -0.1) is 0 Å². The molecule has 1 aromatic carbocycles. The molecule has 2 aromatic rings. The summed E-state index contributed by atoms with van der Waals surface area (Å²) in [4.78, 5) is 28.2. The average molecular weight is 317 g/mol. The molecule has 23 heavy (non-hydrogen) atoms. The first-order chi connectivity index (χ1) is 11.1. The van der Waals surface area contributed by atoms with Crippen molar-refractivity contribution in [1.29, 1.82) is 0 Å². The number of H-pyrrole nitrogens is 1. The van der Waals surface area contributed by atoms with E-state index >= 15 is 0 Å². The number of anilines is 1. The van der Waals surface area contributed by atoms with Crippen LogP contribution in [-0.2, 0) is 6.54 Å². The van der Waals surface area contributed by atoms with Gasteiger partial charge in [0.15, 0.2) is 6.67 Å². The maximum atomic E-state index is 12.3. The molecule has 0 fully saturated rings. The fourth-order valence-corrected chi connectivity index (χ4v) is 2.95. The van der Waals surface area contributed by atoms with Crippen molar-refractivity contribution < 1.29 is 9.64 Å². The molecule has 1 unspecified atom stereocenters. The number of fused-ring (bicyclic) bond motifs is 1. The van der Waals surface area contributed by atoms with E-state index in [0.717, 1.165) is 13.0 Å². The second-order valence-electron chi connectivity index (χ2n) is 5.65. The molecule has 1 aliphatic heterocycles. The van der Waals surface area contributed by atoms with E-state index in [1.165, 1.54) is 9.47 Å². The molecule has 0 spiro atoms. The fraction of sp³-hybridized carbons (Fsp3) is 0.375. The minimum Gasteiger partial charge on any atom is -0.497 e. The quantitative estimate of drug-likeness (QED) is 0.724. The standard InChI is InChI=1S/C16H20N4O3/c1-3-8-19-9-13-14(17-10-19)20(16(22)18-15(13)21)11-4-6-12(23-2)7-5-11/h4-7,17H,3,8-10H2,1-2H3,(H,18,21,22)/p+1. The zero-order valence-corrected chi connectivity index (χ0v) is 13.3. The van der Waals surface area contributed by atoms with Crippen molar-refractivity contribution in [2.45, 2.75) is 19.9 Å². The maximum absolute atomic E-state index is 12.3. The Bertz CT molecular complexity index is 808. The van der Waals surface area contributed by atoms with Gasteiger partial charge in [-0.3, -0.25) is 9.78 Å². The summed E-state index contributed by atoms with van der Waals surface area (Å²) in [6.07, 6.45) is 1.04. The molecule has 0 amide bonds.